The van der Waals surface area contributed by atoms with E-state index in [1.165, 1.54) is 0 Å². The highest BCUT2D eigenvalue weighted by atomic mass is 16.3. The Morgan fingerprint density at radius 1 is 0.939 bits per heavy atom. The van der Waals surface area contributed by atoms with Crippen molar-refractivity contribution in [3.63, 3.8) is 0 Å². The lowest BCUT2D eigenvalue weighted by molar-refractivity contribution is -0.141. The van der Waals surface area contributed by atoms with E-state index in [-0.39, 0.29) is 23.8 Å². The minimum atomic E-state index is -0.852. The molecule has 4 amide bonds. The molecule has 0 spiro atoms. The monoisotopic (exact) mass is 452 g/mol. The van der Waals surface area contributed by atoms with Gasteiger partial charge in [0.2, 0.25) is 11.8 Å². The van der Waals surface area contributed by atoms with E-state index in [9.17, 15) is 14.4 Å². The Labute approximate surface area is 194 Å². The third-order valence-electron chi connectivity index (χ3n) is 6.69. The number of carbonyl (C=O) groups excluding carboxylic acids is 3. The summed E-state index contributed by atoms with van der Waals surface area (Å²) in [5, 5.41) is 8.79. The first-order chi connectivity index (χ1) is 16.1. The molecule has 1 saturated carbocycles. The summed E-state index contributed by atoms with van der Waals surface area (Å²) < 4.78 is 5.25. The Bertz CT molecular complexity index is 931. The van der Waals surface area contributed by atoms with Crippen LogP contribution in [-0.4, -0.2) is 41.4 Å². The Morgan fingerprint density at radius 3 is 2.33 bits per heavy atom. The van der Waals surface area contributed by atoms with Crippen LogP contribution in [0.2, 0.25) is 0 Å². The molecule has 2 heterocycles. The average Bonchev–Trinajstić information content (AvgIpc) is 3.54. The van der Waals surface area contributed by atoms with E-state index in [1.807, 2.05) is 41.3 Å². The van der Waals surface area contributed by atoms with E-state index >= 15 is 0 Å². The van der Waals surface area contributed by atoms with Crippen LogP contribution in [0.1, 0.15) is 49.8 Å². The van der Waals surface area contributed by atoms with Crippen LogP contribution in [0.5, 0.6) is 0 Å². The number of rotatable bonds is 7. The molecule has 1 aliphatic carbocycles. The molecule has 2 aromatic rings. The normalized spacial score (nSPS) is 18.0. The van der Waals surface area contributed by atoms with Gasteiger partial charge in [-0.3, -0.25) is 9.59 Å². The van der Waals surface area contributed by atoms with E-state index in [1.54, 1.807) is 12.3 Å². The Hall–Kier alpha value is -3.29. The lowest BCUT2D eigenvalue weighted by Crippen LogP contribution is -2.61. The maximum Gasteiger partial charge on any atom is 0.315 e. The van der Waals surface area contributed by atoms with Gasteiger partial charge in [-0.05, 0) is 43.4 Å². The summed E-state index contributed by atoms with van der Waals surface area (Å²) in [5.41, 5.74) is 0.154. The number of carbonyl (C=O) groups is 3. The van der Waals surface area contributed by atoms with Crippen molar-refractivity contribution in [3.05, 3.63) is 60.1 Å². The van der Waals surface area contributed by atoms with Crippen molar-refractivity contribution in [2.45, 2.75) is 57.2 Å². The van der Waals surface area contributed by atoms with Gasteiger partial charge in [0.15, 0.2) is 0 Å². The first-order valence-corrected chi connectivity index (χ1v) is 11.8. The zero-order valence-corrected chi connectivity index (χ0v) is 18.8. The molecule has 8 nitrogen and oxygen atoms in total. The SMILES string of the molecule is O=C(NCc1ccccc1)NC1(C(=O)N2CCC(C(=O)NCc3ccco3)CC2)CCCC1. The zero-order chi connectivity index (χ0) is 23.1. The minimum absolute atomic E-state index is 0.00695. The van der Waals surface area contributed by atoms with Crippen LogP contribution in [0, 0.1) is 5.92 Å². The van der Waals surface area contributed by atoms with Gasteiger partial charge in [-0.15, -0.1) is 0 Å². The van der Waals surface area contributed by atoms with Gasteiger partial charge in [-0.1, -0.05) is 43.2 Å². The molecule has 8 heteroatoms. The molecule has 2 aliphatic rings. The predicted molar refractivity (Wildman–Crippen MR) is 123 cm³/mol. The van der Waals surface area contributed by atoms with E-state index in [4.69, 9.17) is 4.42 Å². The van der Waals surface area contributed by atoms with Crippen LogP contribution in [0.3, 0.4) is 0 Å². The first-order valence-electron chi connectivity index (χ1n) is 11.8. The van der Waals surface area contributed by atoms with Gasteiger partial charge in [0.05, 0.1) is 12.8 Å². The molecule has 1 aromatic heterocycles. The van der Waals surface area contributed by atoms with Crippen LogP contribution in [0.4, 0.5) is 4.79 Å². The molecule has 0 atom stereocenters. The van der Waals surface area contributed by atoms with Crippen molar-refractivity contribution in [2.75, 3.05) is 13.1 Å². The lowest BCUT2D eigenvalue weighted by atomic mass is 9.91. The second-order valence-corrected chi connectivity index (χ2v) is 8.95. The molecule has 0 unspecified atom stereocenters. The molecule has 1 aromatic carbocycles. The van der Waals surface area contributed by atoms with Crippen molar-refractivity contribution in [3.8, 4) is 0 Å². The maximum atomic E-state index is 13.5. The van der Waals surface area contributed by atoms with Gasteiger partial charge < -0.3 is 25.3 Å². The van der Waals surface area contributed by atoms with Gasteiger partial charge in [-0.25, -0.2) is 4.79 Å². The molecule has 0 radical (unpaired) electrons. The van der Waals surface area contributed by atoms with Crippen molar-refractivity contribution in [2.24, 2.45) is 5.92 Å². The fourth-order valence-electron chi connectivity index (χ4n) is 4.79. The lowest BCUT2D eigenvalue weighted by Gasteiger charge is -2.38. The molecule has 4 rings (SSSR count). The fourth-order valence-corrected chi connectivity index (χ4v) is 4.79. The Morgan fingerprint density at radius 2 is 1.67 bits per heavy atom. The second-order valence-electron chi connectivity index (χ2n) is 8.95. The highest BCUT2D eigenvalue weighted by molar-refractivity contribution is 5.91. The molecular weight excluding hydrogens is 420 g/mol. The summed E-state index contributed by atoms with van der Waals surface area (Å²) in [6.45, 7) is 1.82. The number of amides is 4. The molecule has 0 bridgehead atoms. The van der Waals surface area contributed by atoms with Gasteiger partial charge in [0.1, 0.15) is 11.3 Å². The van der Waals surface area contributed by atoms with Crippen molar-refractivity contribution in [1.82, 2.24) is 20.9 Å². The summed E-state index contributed by atoms with van der Waals surface area (Å²) in [5.74, 6) is 0.568. The van der Waals surface area contributed by atoms with E-state index in [2.05, 4.69) is 16.0 Å². The average molecular weight is 453 g/mol. The van der Waals surface area contributed by atoms with Crippen LogP contribution in [0.15, 0.2) is 53.1 Å². The highest BCUT2D eigenvalue weighted by Gasteiger charge is 2.45. The van der Waals surface area contributed by atoms with Gasteiger partial charge in [0, 0.05) is 25.6 Å². The van der Waals surface area contributed by atoms with Crippen molar-refractivity contribution in [1.29, 1.82) is 0 Å². The van der Waals surface area contributed by atoms with Crippen LogP contribution in [0.25, 0.3) is 0 Å². The van der Waals surface area contributed by atoms with Crippen LogP contribution < -0.4 is 16.0 Å². The quantitative estimate of drug-likeness (QED) is 0.601. The summed E-state index contributed by atoms with van der Waals surface area (Å²) in [7, 11) is 0. The van der Waals surface area contributed by atoms with Crippen molar-refractivity contribution < 1.29 is 18.8 Å². The number of nitrogens with one attached hydrogen (secondary N) is 3. The topological polar surface area (TPSA) is 104 Å². The number of benzene rings is 1. The Balaban J connectivity index is 1.28. The summed E-state index contributed by atoms with van der Waals surface area (Å²) in [6, 6.07) is 13.0. The summed E-state index contributed by atoms with van der Waals surface area (Å²) in [4.78, 5) is 40.4. The van der Waals surface area contributed by atoms with Gasteiger partial charge in [-0.2, -0.15) is 0 Å². The summed E-state index contributed by atoms with van der Waals surface area (Å²) in [6.07, 6.45) is 5.94. The molecule has 176 valence electrons. The van der Waals surface area contributed by atoms with E-state index < -0.39 is 5.54 Å². The third kappa shape index (κ3) is 5.74. The second kappa shape index (κ2) is 10.6. The molecular formula is C25H32N4O4. The number of likely N-dealkylation sites (tertiary alicyclic amines) is 1. The van der Waals surface area contributed by atoms with Gasteiger partial charge in [0.25, 0.3) is 0 Å². The zero-order valence-electron chi connectivity index (χ0n) is 18.8. The highest BCUT2D eigenvalue weighted by Crippen LogP contribution is 2.33. The molecule has 1 saturated heterocycles. The number of urea groups is 1. The smallest absolute Gasteiger partial charge is 0.315 e. The number of hydrogen-bond acceptors (Lipinski definition) is 4. The third-order valence-corrected chi connectivity index (χ3v) is 6.69. The van der Waals surface area contributed by atoms with Gasteiger partial charge >= 0.3 is 6.03 Å². The van der Waals surface area contributed by atoms with Crippen LogP contribution in [-0.2, 0) is 22.7 Å². The minimum Gasteiger partial charge on any atom is -0.467 e. The maximum absolute atomic E-state index is 13.5. The largest absolute Gasteiger partial charge is 0.467 e. The van der Waals surface area contributed by atoms with E-state index in [0.29, 0.717) is 51.9 Å². The number of furan rings is 1. The first kappa shape index (κ1) is 22.9. The van der Waals surface area contributed by atoms with Crippen LogP contribution >= 0.6 is 0 Å². The fraction of sp³-hybridized carbons (Fsp3) is 0.480. The molecule has 33 heavy (non-hydrogen) atoms. The number of piperidine rings is 1. The predicted octanol–water partition coefficient (Wildman–Crippen LogP) is 2.95. The standard InChI is InChI=1S/C25H32N4O4/c30-22(26-18-21-9-6-16-33-21)20-10-14-29(15-11-20)23(31)25(12-4-5-13-25)28-24(32)27-17-19-7-2-1-3-8-19/h1-3,6-9,16,20H,4-5,10-15,17-18H2,(H,26,30)(H2,27,28,32). The molecule has 3 N–H and O–H groups in total. The van der Waals surface area contributed by atoms with Crippen molar-refractivity contribution >= 4 is 17.8 Å². The summed E-state index contributed by atoms with van der Waals surface area (Å²) >= 11 is 0. The molecule has 1 aliphatic heterocycles. The Kier molecular flexibility index (Phi) is 7.32. The van der Waals surface area contributed by atoms with E-state index in [0.717, 1.165) is 24.2 Å². The number of hydrogen-bond donors (Lipinski definition) is 3. The number of nitrogens with zero attached hydrogens (tertiary/aromatic N) is 1. The molecule has 2 fully saturated rings.